The lowest BCUT2D eigenvalue weighted by Crippen LogP contribution is -2.01. The number of rotatable bonds is 3. The molecular formula is C15H11N3O2S. The van der Waals surface area contributed by atoms with Gasteiger partial charge in [-0.3, -0.25) is 0 Å². The zero-order valence-electron chi connectivity index (χ0n) is 11.1. The van der Waals surface area contributed by atoms with Crippen LogP contribution in [-0.4, -0.2) is 26.0 Å². The predicted octanol–water partition coefficient (Wildman–Crippen LogP) is 3.18. The molecular weight excluding hydrogens is 286 g/mol. The smallest absolute Gasteiger partial charge is 0.354 e. The molecule has 3 rings (SSSR count). The second-order valence-electron chi connectivity index (χ2n) is 4.42. The van der Waals surface area contributed by atoms with Gasteiger partial charge in [-0.15, -0.1) is 0 Å². The average molecular weight is 297 g/mol. The Balaban J connectivity index is 2.13. The van der Waals surface area contributed by atoms with E-state index in [-0.39, 0.29) is 5.69 Å². The van der Waals surface area contributed by atoms with Gasteiger partial charge in [0.1, 0.15) is 10.7 Å². The van der Waals surface area contributed by atoms with Crippen LogP contribution in [0.2, 0.25) is 0 Å². The van der Waals surface area contributed by atoms with Gasteiger partial charge in [0.2, 0.25) is 0 Å². The third-order valence-electron chi connectivity index (χ3n) is 2.89. The lowest BCUT2D eigenvalue weighted by atomic mass is 10.1. The number of aryl methyl sites for hydroxylation is 1. The Morgan fingerprint density at radius 2 is 2.00 bits per heavy atom. The van der Waals surface area contributed by atoms with Crippen LogP contribution in [0.5, 0.6) is 0 Å². The number of nitrogens with zero attached hydrogens (tertiary/aromatic N) is 3. The molecule has 2 aromatic heterocycles. The highest BCUT2D eigenvalue weighted by Gasteiger charge is 2.13. The van der Waals surface area contributed by atoms with Gasteiger partial charge in [-0.2, -0.15) is 0 Å². The highest BCUT2D eigenvalue weighted by Crippen LogP contribution is 2.30. The van der Waals surface area contributed by atoms with Crippen molar-refractivity contribution in [3.8, 4) is 0 Å². The molecule has 0 atom stereocenters. The van der Waals surface area contributed by atoms with Crippen molar-refractivity contribution in [3.63, 3.8) is 0 Å². The van der Waals surface area contributed by atoms with Gasteiger partial charge in [0.15, 0.2) is 5.16 Å². The molecule has 1 N–H and O–H groups in total. The summed E-state index contributed by atoms with van der Waals surface area (Å²) in [5.41, 5.74) is 0.870. The van der Waals surface area contributed by atoms with Gasteiger partial charge in [0.25, 0.3) is 0 Å². The summed E-state index contributed by atoms with van der Waals surface area (Å²) >= 11 is 1.27. The summed E-state index contributed by atoms with van der Waals surface area (Å²) in [6.45, 7) is 1.88. The molecule has 21 heavy (non-hydrogen) atoms. The molecule has 0 unspecified atom stereocenters. The van der Waals surface area contributed by atoms with Crippen molar-refractivity contribution in [2.75, 3.05) is 0 Å². The monoisotopic (exact) mass is 297 g/mol. The standard InChI is InChI=1S/C15H11N3O2S/c1-9-6-7-16-15(17-9)21-13-11-5-3-2-4-10(11)8-12(18-13)14(19)20/h2-8H,1H3,(H,19,20). The average Bonchev–Trinajstić information content (AvgIpc) is 2.47. The molecule has 6 heteroatoms. The van der Waals surface area contributed by atoms with Gasteiger partial charge in [-0.1, -0.05) is 24.3 Å². The molecule has 3 aromatic rings. The topological polar surface area (TPSA) is 76.0 Å². The summed E-state index contributed by atoms with van der Waals surface area (Å²) in [4.78, 5) is 23.9. The summed E-state index contributed by atoms with van der Waals surface area (Å²) in [5, 5.41) is 12.0. The number of hydrogen-bond acceptors (Lipinski definition) is 5. The molecule has 5 nitrogen and oxygen atoms in total. The van der Waals surface area contributed by atoms with E-state index in [9.17, 15) is 9.90 Å². The molecule has 0 aliphatic heterocycles. The Kier molecular flexibility index (Phi) is 3.53. The van der Waals surface area contributed by atoms with Gasteiger partial charge in [0.05, 0.1) is 0 Å². The molecule has 2 heterocycles. The molecule has 0 saturated heterocycles. The van der Waals surface area contributed by atoms with E-state index in [4.69, 9.17) is 0 Å². The maximum absolute atomic E-state index is 11.2. The first-order valence-electron chi connectivity index (χ1n) is 6.24. The molecule has 1 aromatic carbocycles. The molecule has 0 saturated carbocycles. The molecule has 0 aliphatic rings. The number of aromatic nitrogens is 3. The quantitative estimate of drug-likeness (QED) is 0.748. The van der Waals surface area contributed by atoms with E-state index in [2.05, 4.69) is 15.0 Å². The van der Waals surface area contributed by atoms with Crippen molar-refractivity contribution < 1.29 is 9.90 Å². The number of aromatic carboxylic acids is 1. The number of fused-ring (bicyclic) bond motifs is 1. The second kappa shape index (κ2) is 5.49. The Bertz CT molecular complexity index is 836. The fourth-order valence-electron chi connectivity index (χ4n) is 1.92. The Labute approximate surface area is 125 Å². The fraction of sp³-hybridized carbons (Fsp3) is 0.0667. The van der Waals surface area contributed by atoms with Gasteiger partial charge in [-0.05, 0) is 36.2 Å². The summed E-state index contributed by atoms with van der Waals surface area (Å²) in [7, 11) is 0. The fourth-order valence-corrected chi connectivity index (χ4v) is 2.83. The summed E-state index contributed by atoms with van der Waals surface area (Å²) in [5.74, 6) is -1.05. The largest absolute Gasteiger partial charge is 0.477 e. The molecule has 0 fully saturated rings. The van der Waals surface area contributed by atoms with Crippen LogP contribution >= 0.6 is 11.8 Å². The zero-order valence-corrected chi connectivity index (χ0v) is 12.0. The first-order valence-corrected chi connectivity index (χ1v) is 7.06. The van der Waals surface area contributed by atoms with Gasteiger partial charge >= 0.3 is 5.97 Å². The minimum absolute atomic E-state index is 0.0175. The van der Waals surface area contributed by atoms with Gasteiger partial charge in [-0.25, -0.2) is 19.7 Å². The van der Waals surface area contributed by atoms with Crippen LogP contribution in [0.4, 0.5) is 0 Å². The maximum atomic E-state index is 11.2. The van der Waals surface area contributed by atoms with E-state index in [1.807, 2.05) is 37.3 Å². The molecule has 0 aliphatic carbocycles. The van der Waals surface area contributed by atoms with E-state index in [1.54, 1.807) is 12.3 Å². The Hall–Kier alpha value is -2.47. The lowest BCUT2D eigenvalue weighted by Gasteiger charge is -2.06. The first-order chi connectivity index (χ1) is 10.1. The van der Waals surface area contributed by atoms with E-state index >= 15 is 0 Å². The Morgan fingerprint density at radius 3 is 2.76 bits per heavy atom. The Morgan fingerprint density at radius 1 is 1.19 bits per heavy atom. The number of carboxylic acid groups (broad SMARTS) is 1. The molecule has 104 valence electrons. The van der Waals surface area contributed by atoms with Crippen molar-refractivity contribution in [1.82, 2.24) is 15.0 Å². The molecule has 0 radical (unpaired) electrons. The highest BCUT2D eigenvalue weighted by molar-refractivity contribution is 7.99. The number of carbonyl (C=O) groups is 1. The van der Waals surface area contributed by atoms with E-state index < -0.39 is 5.97 Å². The van der Waals surface area contributed by atoms with E-state index in [0.717, 1.165) is 16.5 Å². The highest BCUT2D eigenvalue weighted by atomic mass is 32.2. The second-order valence-corrected chi connectivity index (χ2v) is 5.38. The first kappa shape index (κ1) is 13.5. The van der Waals surface area contributed by atoms with Crippen LogP contribution in [0.1, 0.15) is 16.2 Å². The molecule has 0 amide bonds. The number of hydrogen-bond donors (Lipinski definition) is 1. The van der Waals surface area contributed by atoms with Crippen LogP contribution in [0.25, 0.3) is 10.8 Å². The maximum Gasteiger partial charge on any atom is 0.354 e. The number of benzene rings is 1. The van der Waals surface area contributed by atoms with Crippen LogP contribution in [-0.2, 0) is 0 Å². The van der Waals surface area contributed by atoms with Crippen LogP contribution in [0.3, 0.4) is 0 Å². The third-order valence-corrected chi connectivity index (χ3v) is 3.77. The molecule has 0 bridgehead atoms. The van der Waals surface area contributed by atoms with Crippen LogP contribution in [0.15, 0.2) is 52.8 Å². The number of carboxylic acids is 1. The summed E-state index contributed by atoms with van der Waals surface area (Å²) in [6.07, 6.45) is 1.67. The van der Waals surface area contributed by atoms with Gasteiger partial charge in [0, 0.05) is 17.3 Å². The van der Waals surface area contributed by atoms with E-state index in [0.29, 0.717) is 10.2 Å². The third kappa shape index (κ3) is 2.85. The predicted molar refractivity (Wildman–Crippen MR) is 79.6 cm³/mol. The molecule has 0 spiro atoms. The zero-order chi connectivity index (χ0) is 14.8. The summed E-state index contributed by atoms with van der Waals surface area (Å²) in [6, 6.07) is 10.9. The van der Waals surface area contributed by atoms with Crippen LogP contribution in [0, 0.1) is 6.92 Å². The SMILES string of the molecule is Cc1ccnc(Sc2nc(C(=O)O)cc3ccccc23)n1. The van der Waals surface area contributed by atoms with Crippen molar-refractivity contribution in [2.45, 2.75) is 17.1 Å². The van der Waals surface area contributed by atoms with Gasteiger partial charge < -0.3 is 5.11 Å². The van der Waals surface area contributed by atoms with Crippen molar-refractivity contribution in [2.24, 2.45) is 0 Å². The summed E-state index contributed by atoms with van der Waals surface area (Å²) < 4.78 is 0. The van der Waals surface area contributed by atoms with Crippen molar-refractivity contribution in [3.05, 3.63) is 54.0 Å². The van der Waals surface area contributed by atoms with E-state index in [1.165, 1.54) is 11.8 Å². The van der Waals surface area contributed by atoms with Crippen LogP contribution < -0.4 is 0 Å². The minimum Gasteiger partial charge on any atom is -0.477 e. The minimum atomic E-state index is -1.05. The normalized spacial score (nSPS) is 10.7. The number of pyridine rings is 1. The van der Waals surface area contributed by atoms with Crippen molar-refractivity contribution in [1.29, 1.82) is 0 Å². The lowest BCUT2D eigenvalue weighted by molar-refractivity contribution is 0.0690. The van der Waals surface area contributed by atoms with Crippen molar-refractivity contribution >= 4 is 28.5 Å².